The summed E-state index contributed by atoms with van der Waals surface area (Å²) in [6.07, 6.45) is 1.55. The summed E-state index contributed by atoms with van der Waals surface area (Å²) < 4.78 is 1.51. The minimum atomic E-state index is -0.987. The molecule has 0 saturated heterocycles. The Hall–Kier alpha value is -2.14. The average Bonchev–Trinajstić information content (AvgIpc) is 2.77. The van der Waals surface area contributed by atoms with Crippen molar-refractivity contribution in [3.63, 3.8) is 0 Å². The van der Waals surface area contributed by atoms with E-state index in [1.807, 2.05) is 0 Å². The minimum absolute atomic E-state index is 0.142. The van der Waals surface area contributed by atoms with Gasteiger partial charge in [0, 0.05) is 6.20 Å². The molecule has 0 bridgehead atoms. The first-order valence-corrected chi connectivity index (χ1v) is 4.70. The SMILES string of the molecule is O=C(O)c1cccc(-n2nccc2CO)c1. The first kappa shape index (κ1) is 10.4. The molecule has 0 unspecified atom stereocenters. The second-order valence-corrected chi connectivity index (χ2v) is 3.25. The molecule has 5 heteroatoms. The van der Waals surface area contributed by atoms with Crippen LogP contribution < -0.4 is 0 Å². The molecule has 1 heterocycles. The summed E-state index contributed by atoms with van der Waals surface area (Å²) in [5.74, 6) is -0.987. The van der Waals surface area contributed by atoms with Gasteiger partial charge in [-0.15, -0.1) is 0 Å². The highest BCUT2D eigenvalue weighted by molar-refractivity contribution is 5.88. The molecular weight excluding hydrogens is 208 g/mol. The number of carboxylic acids is 1. The number of nitrogens with zero attached hydrogens (tertiary/aromatic N) is 2. The second kappa shape index (κ2) is 4.16. The molecule has 2 N–H and O–H groups in total. The van der Waals surface area contributed by atoms with Gasteiger partial charge in [-0.25, -0.2) is 9.48 Å². The molecule has 2 rings (SSSR count). The zero-order chi connectivity index (χ0) is 11.5. The summed E-state index contributed by atoms with van der Waals surface area (Å²) in [4.78, 5) is 10.8. The van der Waals surface area contributed by atoms with Gasteiger partial charge < -0.3 is 10.2 Å². The highest BCUT2D eigenvalue weighted by Crippen LogP contribution is 2.12. The molecule has 1 aromatic heterocycles. The molecule has 82 valence electrons. The average molecular weight is 218 g/mol. The lowest BCUT2D eigenvalue weighted by atomic mass is 10.2. The van der Waals surface area contributed by atoms with E-state index in [2.05, 4.69) is 5.10 Å². The van der Waals surface area contributed by atoms with Gasteiger partial charge in [-0.3, -0.25) is 0 Å². The molecule has 0 amide bonds. The molecule has 0 aliphatic heterocycles. The quantitative estimate of drug-likeness (QED) is 0.807. The third-order valence-corrected chi connectivity index (χ3v) is 2.22. The van der Waals surface area contributed by atoms with Crippen LogP contribution in [0.4, 0.5) is 0 Å². The predicted octanol–water partition coefficient (Wildman–Crippen LogP) is 1.06. The molecule has 0 spiro atoms. The summed E-state index contributed by atoms with van der Waals surface area (Å²) in [5, 5.41) is 21.9. The normalized spacial score (nSPS) is 10.3. The van der Waals surface area contributed by atoms with Crippen molar-refractivity contribution in [2.75, 3.05) is 0 Å². The fraction of sp³-hybridized carbons (Fsp3) is 0.0909. The van der Waals surface area contributed by atoms with Crippen LogP contribution >= 0.6 is 0 Å². The van der Waals surface area contributed by atoms with Crippen LogP contribution in [0.5, 0.6) is 0 Å². The van der Waals surface area contributed by atoms with E-state index >= 15 is 0 Å². The Morgan fingerprint density at radius 2 is 2.19 bits per heavy atom. The summed E-state index contributed by atoms with van der Waals surface area (Å²) in [5.41, 5.74) is 1.42. The monoisotopic (exact) mass is 218 g/mol. The van der Waals surface area contributed by atoms with Crippen LogP contribution in [-0.4, -0.2) is 26.0 Å². The number of aromatic carboxylic acids is 1. The number of hydrogen-bond donors (Lipinski definition) is 2. The van der Waals surface area contributed by atoms with Gasteiger partial charge in [0.05, 0.1) is 23.6 Å². The van der Waals surface area contributed by atoms with Crippen LogP contribution in [0.25, 0.3) is 5.69 Å². The van der Waals surface area contributed by atoms with Gasteiger partial charge in [0.1, 0.15) is 0 Å². The predicted molar refractivity (Wildman–Crippen MR) is 56.4 cm³/mol. The molecule has 0 aliphatic rings. The number of aliphatic hydroxyl groups is 1. The molecule has 0 radical (unpaired) electrons. The van der Waals surface area contributed by atoms with Crippen molar-refractivity contribution < 1.29 is 15.0 Å². The van der Waals surface area contributed by atoms with Crippen molar-refractivity contribution in [3.8, 4) is 5.69 Å². The fourth-order valence-corrected chi connectivity index (χ4v) is 1.45. The maximum atomic E-state index is 10.8. The zero-order valence-corrected chi connectivity index (χ0v) is 8.37. The highest BCUT2D eigenvalue weighted by atomic mass is 16.4. The molecule has 0 saturated carbocycles. The fourth-order valence-electron chi connectivity index (χ4n) is 1.45. The lowest BCUT2D eigenvalue weighted by Gasteiger charge is -2.05. The standard InChI is InChI=1S/C11H10N2O3/c14-7-10-4-5-12-13(10)9-3-1-2-8(6-9)11(15)16/h1-6,14H,7H2,(H,15,16). The molecule has 0 fully saturated rings. The third kappa shape index (κ3) is 1.80. The lowest BCUT2D eigenvalue weighted by Crippen LogP contribution is -2.04. The Labute approximate surface area is 91.6 Å². The van der Waals surface area contributed by atoms with E-state index in [-0.39, 0.29) is 12.2 Å². The maximum Gasteiger partial charge on any atom is 0.335 e. The number of carboxylic acid groups (broad SMARTS) is 1. The molecule has 5 nitrogen and oxygen atoms in total. The Kier molecular flexibility index (Phi) is 2.70. The molecular formula is C11H10N2O3. The highest BCUT2D eigenvalue weighted by Gasteiger charge is 2.07. The van der Waals surface area contributed by atoms with Gasteiger partial charge in [0.15, 0.2) is 0 Å². The van der Waals surface area contributed by atoms with Crippen molar-refractivity contribution in [1.82, 2.24) is 9.78 Å². The van der Waals surface area contributed by atoms with Crippen LogP contribution in [0.1, 0.15) is 16.1 Å². The molecule has 1 aromatic carbocycles. The van der Waals surface area contributed by atoms with Crippen molar-refractivity contribution in [2.24, 2.45) is 0 Å². The summed E-state index contributed by atoms with van der Waals surface area (Å²) in [7, 11) is 0. The van der Waals surface area contributed by atoms with Gasteiger partial charge in [-0.2, -0.15) is 5.10 Å². The molecule has 16 heavy (non-hydrogen) atoms. The van der Waals surface area contributed by atoms with Gasteiger partial charge in [0.2, 0.25) is 0 Å². The van der Waals surface area contributed by atoms with Gasteiger partial charge in [-0.05, 0) is 24.3 Å². The number of aliphatic hydroxyl groups excluding tert-OH is 1. The minimum Gasteiger partial charge on any atom is -0.478 e. The van der Waals surface area contributed by atoms with Gasteiger partial charge in [0.25, 0.3) is 0 Å². The Morgan fingerprint density at radius 3 is 2.88 bits per heavy atom. The number of hydrogen-bond acceptors (Lipinski definition) is 3. The summed E-state index contributed by atoms with van der Waals surface area (Å²) in [6.45, 7) is -0.142. The van der Waals surface area contributed by atoms with Crippen LogP contribution in [0, 0.1) is 0 Å². The number of benzene rings is 1. The number of carbonyl (C=O) groups is 1. The first-order valence-electron chi connectivity index (χ1n) is 4.70. The van der Waals surface area contributed by atoms with E-state index in [0.717, 1.165) is 0 Å². The van der Waals surface area contributed by atoms with Gasteiger partial charge in [-0.1, -0.05) is 6.07 Å². The summed E-state index contributed by atoms with van der Waals surface area (Å²) in [6, 6.07) is 8.07. The second-order valence-electron chi connectivity index (χ2n) is 3.25. The molecule has 0 atom stereocenters. The van der Waals surface area contributed by atoms with E-state index in [4.69, 9.17) is 10.2 Å². The van der Waals surface area contributed by atoms with Crippen LogP contribution in [0.3, 0.4) is 0 Å². The first-order chi connectivity index (χ1) is 7.72. The van der Waals surface area contributed by atoms with Crippen molar-refractivity contribution in [2.45, 2.75) is 6.61 Å². The van der Waals surface area contributed by atoms with Crippen molar-refractivity contribution >= 4 is 5.97 Å². The smallest absolute Gasteiger partial charge is 0.335 e. The van der Waals surface area contributed by atoms with E-state index < -0.39 is 5.97 Å². The Bertz CT molecular complexity index is 519. The van der Waals surface area contributed by atoms with Crippen LogP contribution in [0.15, 0.2) is 36.5 Å². The molecule has 0 aliphatic carbocycles. The number of rotatable bonds is 3. The molecule has 2 aromatic rings. The van der Waals surface area contributed by atoms with Crippen LogP contribution in [0.2, 0.25) is 0 Å². The Balaban J connectivity index is 2.48. The van der Waals surface area contributed by atoms with Crippen molar-refractivity contribution in [3.05, 3.63) is 47.8 Å². The van der Waals surface area contributed by atoms with Crippen LogP contribution in [-0.2, 0) is 6.61 Å². The lowest BCUT2D eigenvalue weighted by molar-refractivity contribution is 0.0697. The van der Waals surface area contributed by atoms with Crippen molar-refractivity contribution in [1.29, 1.82) is 0 Å². The topological polar surface area (TPSA) is 75.3 Å². The van der Waals surface area contributed by atoms with Gasteiger partial charge >= 0.3 is 5.97 Å². The Morgan fingerprint density at radius 1 is 1.38 bits per heavy atom. The van der Waals surface area contributed by atoms with E-state index in [1.165, 1.54) is 16.8 Å². The van der Waals surface area contributed by atoms with E-state index in [9.17, 15) is 4.79 Å². The summed E-state index contributed by atoms with van der Waals surface area (Å²) >= 11 is 0. The zero-order valence-electron chi connectivity index (χ0n) is 8.37. The maximum absolute atomic E-state index is 10.8. The van der Waals surface area contributed by atoms with E-state index in [0.29, 0.717) is 11.4 Å². The number of aromatic nitrogens is 2. The largest absolute Gasteiger partial charge is 0.478 e. The van der Waals surface area contributed by atoms with E-state index in [1.54, 1.807) is 24.4 Å². The third-order valence-electron chi connectivity index (χ3n) is 2.22.